The standard InChI is InChI=1S/C5H5Cl2NO/c1-3-4(2-6)5(7)9-8-3/h2H2,1H3. The SMILES string of the molecule is Cc1noc(Cl)c1CCl. The fourth-order valence-corrected chi connectivity index (χ4v) is 1.13. The molecule has 1 aromatic heterocycles. The van der Waals surface area contributed by atoms with E-state index in [1.165, 1.54) is 0 Å². The summed E-state index contributed by atoms with van der Waals surface area (Å²) in [7, 11) is 0. The maximum Gasteiger partial charge on any atom is 0.230 e. The van der Waals surface area contributed by atoms with E-state index in [1.54, 1.807) is 6.92 Å². The second kappa shape index (κ2) is 2.58. The van der Waals surface area contributed by atoms with Gasteiger partial charge in [-0.1, -0.05) is 5.16 Å². The average molecular weight is 166 g/mol. The first-order valence-electron chi connectivity index (χ1n) is 2.42. The molecule has 9 heavy (non-hydrogen) atoms. The molecule has 1 aromatic rings. The number of hydrogen-bond acceptors (Lipinski definition) is 2. The van der Waals surface area contributed by atoms with Crippen LogP contribution in [0.3, 0.4) is 0 Å². The van der Waals surface area contributed by atoms with Crippen molar-refractivity contribution < 1.29 is 4.52 Å². The molecule has 0 bridgehead atoms. The van der Waals surface area contributed by atoms with E-state index in [9.17, 15) is 0 Å². The minimum absolute atomic E-state index is 0.294. The van der Waals surface area contributed by atoms with E-state index >= 15 is 0 Å². The monoisotopic (exact) mass is 165 g/mol. The summed E-state index contributed by atoms with van der Waals surface area (Å²) in [4.78, 5) is 0. The second-order valence-electron chi connectivity index (χ2n) is 1.65. The van der Waals surface area contributed by atoms with Crippen molar-refractivity contribution in [2.45, 2.75) is 12.8 Å². The molecule has 0 aliphatic rings. The van der Waals surface area contributed by atoms with Gasteiger partial charge in [0, 0.05) is 5.56 Å². The number of aromatic nitrogens is 1. The highest BCUT2D eigenvalue weighted by Crippen LogP contribution is 2.20. The summed E-state index contributed by atoms with van der Waals surface area (Å²) in [5, 5.41) is 3.89. The molecule has 0 aliphatic carbocycles. The van der Waals surface area contributed by atoms with Crippen LogP contribution in [0, 0.1) is 6.92 Å². The molecule has 0 saturated heterocycles. The Balaban J connectivity index is 3.07. The molecule has 1 heterocycles. The lowest BCUT2D eigenvalue weighted by atomic mass is 10.3. The zero-order valence-corrected chi connectivity index (χ0v) is 6.33. The van der Waals surface area contributed by atoms with Crippen molar-refractivity contribution >= 4 is 23.2 Å². The topological polar surface area (TPSA) is 26.0 Å². The summed E-state index contributed by atoms with van der Waals surface area (Å²) in [6.07, 6.45) is 0. The van der Waals surface area contributed by atoms with Crippen molar-refractivity contribution in [2.24, 2.45) is 0 Å². The lowest BCUT2D eigenvalue weighted by Crippen LogP contribution is -1.77. The van der Waals surface area contributed by atoms with Gasteiger partial charge in [-0.15, -0.1) is 11.6 Å². The summed E-state index contributed by atoms with van der Waals surface area (Å²) >= 11 is 11.0. The number of aryl methyl sites for hydroxylation is 1. The van der Waals surface area contributed by atoms with E-state index in [0.29, 0.717) is 11.1 Å². The van der Waals surface area contributed by atoms with Gasteiger partial charge in [-0.2, -0.15) is 0 Å². The fourth-order valence-electron chi connectivity index (χ4n) is 0.510. The molecule has 0 atom stereocenters. The van der Waals surface area contributed by atoms with Crippen LogP contribution in [0.1, 0.15) is 11.3 Å². The van der Waals surface area contributed by atoms with Crippen molar-refractivity contribution in [3.63, 3.8) is 0 Å². The van der Waals surface area contributed by atoms with Crippen LogP contribution in [0.25, 0.3) is 0 Å². The summed E-state index contributed by atoms with van der Waals surface area (Å²) in [5.74, 6) is 0.355. The third-order valence-corrected chi connectivity index (χ3v) is 1.63. The van der Waals surface area contributed by atoms with Crippen LogP contribution in [-0.4, -0.2) is 5.16 Å². The van der Waals surface area contributed by atoms with Crippen molar-refractivity contribution in [1.29, 1.82) is 0 Å². The van der Waals surface area contributed by atoms with Crippen LogP contribution >= 0.6 is 23.2 Å². The second-order valence-corrected chi connectivity index (χ2v) is 2.26. The van der Waals surface area contributed by atoms with Crippen LogP contribution in [0.5, 0.6) is 0 Å². The maximum atomic E-state index is 5.53. The molecule has 0 aromatic carbocycles. The van der Waals surface area contributed by atoms with Crippen LogP contribution in [-0.2, 0) is 5.88 Å². The van der Waals surface area contributed by atoms with E-state index in [4.69, 9.17) is 23.2 Å². The van der Waals surface area contributed by atoms with Gasteiger partial charge in [0.25, 0.3) is 0 Å². The van der Waals surface area contributed by atoms with Gasteiger partial charge in [-0.05, 0) is 18.5 Å². The Kier molecular flexibility index (Phi) is 1.98. The molecule has 4 heteroatoms. The summed E-state index contributed by atoms with van der Waals surface area (Å²) < 4.78 is 4.62. The fraction of sp³-hybridized carbons (Fsp3) is 0.400. The Bertz CT molecular complexity index is 189. The Morgan fingerprint density at radius 3 is 2.56 bits per heavy atom. The molecular weight excluding hydrogens is 161 g/mol. The first kappa shape index (κ1) is 6.90. The normalized spacial score (nSPS) is 10.1. The van der Waals surface area contributed by atoms with Crippen molar-refractivity contribution in [3.8, 4) is 0 Å². The first-order valence-corrected chi connectivity index (χ1v) is 3.33. The van der Waals surface area contributed by atoms with Gasteiger partial charge in [-0.3, -0.25) is 0 Å². The van der Waals surface area contributed by atoms with E-state index < -0.39 is 0 Å². The molecule has 50 valence electrons. The number of hydrogen-bond donors (Lipinski definition) is 0. The summed E-state index contributed by atoms with van der Waals surface area (Å²) in [5.41, 5.74) is 1.54. The largest absolute Gasteiger partial charge is 0.344 e. The summed E-state index contributed by atoms with van der Waals surface area (Å²) in [6, 6.07) is 0. The van der Waals surface area contributed by atoms with Gasteiger partial charge in [0.15, 0.2) is 0 Å². The van der Waals surface area contributed by atoms with Crippen LogP contribution < -0.4 is 0 Å². The van der Waals surface area contributed by atoms with Crippen LogP contribution in [0.2, 0.25) is 5.22 Å². The zero-order chi connectivity index (χ0) is 6.85. The summed E-state index contributed by atoms with van der Waals surface area (Å²) in [6.45, 7) is 1.80. The molecule has 2 nitrogen and oxygen atoms in total. The molecule has 0 amide bonds. The lowest BCUT2D eigenvalue weighted by Gasteiger charge is -1.84. The van der Waals surface area contributed by atoms with Crippen molar-refractivity contribution in [1.82, 2.24) is 5.16 Å². The molecule has 0 fully saturated rings. The Hall–Kier alpha value is -0.210. The van der Waals surface area contributed by atoms with Crippen molar-refractivity contribution in [3.05, 3.63) is 16.5 Å². The predicted molar refractivity (Wildman–Crippen MR) is 35.8 cm³/mol. The van der Waals surface area contributed by atoms with Crippen LogP contribution in [0.15, 0.2) is 4.52 Å². The number of rotatable bonds is 1. The molecule has 1 rings (SSSR count). The van der Waals surface area contributed by atoms with Gasteiger partial charge in [0.05, 0.1) is 11.6 Å². The quantitative estimate of drug-likeness (QED) is 0.598. The molecule has 0 N–H and O–H groups in total. The smallest absolute Gasteiger partial charge is 0.230 e. The van der Waals surface area contributed by atoms with Crippen molar-refractivity contribution in [2.75, 3.05) is 0 Å². The van der Waals surface area contributed by atoms with E-state index in [1.807, 2.05) is 0 Å². The Labute approximate surface area is 62.7 Å². The maximum absolute atomic E-state index is 5.53. The first-order chi connectivity index (χ1) is 4.25. The Morgan fingerprint density at radius 2 is 2.33 bits per heavy atom. The molecule has 0 saturated carbocycles. The van der Waals surface area contributed by atoms with E-state index in [0.717, 1.165) is 11.3 Å². The third-order valence-electron chi connectivity index (χ3n) is 1.07. The van der Waals surface area contributed by atoms with Gasteiger partial charge >= 0.3 is 0 Å². The minimum Gasteiger partial charge on any atom is -0.344 e. The van der Waals surface area contributed by atoms with Gasteiger partial charge in [0.1, 0.15) is 0 Å². The van der Waals surface area contributed by atoms with Gasteiger partial charge < -0.3 is 4.52 Å². The number of alkyl halides is 1. The predicted octanol–water partition coefficient (Wildman–Crippen LogP) is 2.38. The average Bonchev–Trinajstić information content (AvgIpc) is 2.12. The number of halogens is 2. The molecule has 0 spiro atoms. The lowest BCUT2D eigenvalue weighted by molar-refractivity contribution is 0.416. The minimum atomic E-state index is 0.294. The third kappa shape index (κ3) is 1.19. The zero-order valence-electron chi connectivity index (χ0n) is 4.82. The highest BCUT2D eigenvalue weighted by Gasteiger charge is 2.07. The molecule has 0 aliphatic heterocycles. The molecule has 0 unspecified atom stereocenters. The highest BCUT2D eigenvalue weighted by atomic mass is 35.5. The van der Waals surface area contributed by atoms with Gasteiger partial charge in [0.2, 0.25) is 5.22 Å². The van der Waals surface area contributed by atoms with E-state index in [2.05, 4.69) is 9.68 Å². The molecular formula is C5H5Cl2NO. The number of nitrogens with zero attached hydrogens (tertiary/aromatic N) is 1. The highest BCUT2D eigenvalue weighted by molar-refractivity contribution is 6.30. The van der Waals surface area contributed by atoms with E-state index in [-0.39, 0.29) is 0 Å². The molecule has 0 radical (unpaired) electrons. The van der Waals surface area contributed by atoms with Gasteiger partial charge in [-0.25, -0.2) is 0 Å². The van der Waals surface area contributed by atoms with Crippen LogP contribution in [0.4, 0.5) is 0 Å². The Morgan fingerprint density at radius 1 is 1.67 bits per heavy atom.